The van der Waals surface area contributed by atoms with E-state index in [0.717, 1.165) is 12.1 Å². The van der Waals surface area contributed by atoms with E-state index < -0.39 is 52.7 Å². The van der Waals surface area contributed by atoms with E-state index in [1.807, 2.05) is 0 Å². The van der Waals surface area contributed by atoms with E-state index in [4.69, 9.17) is 0 Å². The van der Waals surface area contributed by atoms with Crippen molar-refractivity contribution in [1.29, 1.82) is 0 Å². The van der Waals surface area contributed by atoms with Gasteiger partial charge in [0.2, 0.25) is 0 Å². The Morgan fingerprint density at radius 3 is 1.68 bits per heavy atom. The van der Waals surface area contributed by atoms with Crippen molar-refractivity contribution in [3.05, 3.63) is 70.3 Å². The highest BCUT2D eigenvalue weighted by Gasteiger charge is 2.70. The number of benzene rings is 2. The Bertz CT molecular complexity index is 1190. The van der Waals surface area contributed by atoms with E-state index >= 15 is 0 Å². The summed E-state index contributed by atoms with van der Waals surface area (Å²) < 4.78 is 120. The van der Waals surface area contributed by atoms with E-state index in [1.165, 1.54) is 19.1 Å². The quantitative estimate of drug-likeness (QED) is 0.327. The van der Waals surface area contributed by atoms with Gasteiger partial charge in [-0.1, -0.05) is 44.2 Å². The largest absolute Gasteiger partial charge is 0.508 e. The summed E-state index contributed by atoms with van der Waals surface area (Å²) in [5, 5.41) is 29.4. The minimum Gasteiger partial charge on any atom is -0.508 e. The number of aryl methyl sites for hydroxylation is 2. The second-order valence-corrected chi connectivity index (χ2v) is 10.0. The van der Waals surface area contributed by atoms with Crippen molar-refractivity contribution in [2.24, 2.45) is 0 Å². The molecule has 0 fully saturated rings. The van der Waals surface area contributed by atoms with Crippen LogP contribution in [0, 0.1) is 13.8 Å². The number of halogens is 9. The van der Waals surface area contributed by atoms with Crippen LogP contribution in [0.3, 0.4) is 0 Å². The zero-order chi connectivity index (χ0) is 29.7. The van der Waals surface area contributed by atoms with Crippen LogP contribution < -0.4 is 0 Å². The molecule has 0 amide bonds. The Hall–Kier alpha value is -2.73. The third kappa shape index (κ3) is 5.96. The van der Waals surface area contributed by atoms with Crippen LogP contribution in [0.1, 0.15) is 55.0 Å². The van der Waals surface area contributed by atoms with Crippen molar-refractivity contribution in [3.8, 4) is 5.75 Å². The zero-order valence-corrected chi connectivity index (χ0v) is 21.0. The van der Waals surface area contributed by atoms with Gasteiger partial charge in [-0.3, -0.25) is 0 Å². The fourth-order valence-corrected chi connectivity index (χ4v) is 4.06. The lowest BCUT2D eigenvalue weighted by Crippen LogP contribution is -2.57. The van der Waals surface area contributed by atoms with Crippen molar-refractivity contribution >= 4 is 5.57 Å². The molecule has 3 nitrogen and oxygen atoms in total. The average Bonchev–Trinajstić information content (AvgIpc) is 2.72. The molecule has 0 spiro atoms. The van der Waals surface area contributed by atoms with Gasteiger partial charge in [-0.25, -0.2) is 0 Å². The third-order valence-corrected chi connectivity index (χ3v) is 6.60. The molecular formula is C26H27F9O3. The lowest BCUT2D eigenvalue weighted by Gasteiger charge is -2.34. The first kappa shape index (κ1) is 31.5. The lowest BCUT2D eigenvalue weighted by atomic mass is 9.75. The van der Waals surface area contributed by atoms with Crippen molar-refractivity contribution in [2.75, 3.05) is 0 Å². The molecule has 12 heteroatoms. The summed E-state index contributed by atoms with van der Waals surface area (Å²) in [6.45, 7) is 6.81. The standard InChI is InChI=1S/C26H27F9O3/c1-14-10-16(6-8-19(14)21(3,4)18-7-9-20(36)15(2)11-18)17(12-22(5,37)24(27,28)29)13-23(38,25(30,31)32)26(33,34)35/h6-12,36-38H,13H2,1-5H3/b17-12+. The van der Waals surface area contributed by atoms with Gasteiger partial charge in [0, 0.05) is 11.8 Å². The maximum atomic E-state index is 13.4. The van der Waals surface area contributed by atoms with Gasteiger partial charge in [-0.05, 0) is 66.3 Å². The zero-order valence-electron chi connectivity index (χ0n) is 21.0. The maximum absolute atomic E-state index is 13.4. The number of aromatic hydroxyl groups is 1. The number of alkyl halides is 9. The molecule has 2 rings (SSSR count). The highest BCUT2D eigenvalue weighted by molar-refractivity contribution is 5.69. The van der Waals surface area contributed by atoms with Gasteiger partial charge in [0.05, 0.1) is 0 Å². The Morgan fingerprint density at radius 1 is 0.737 bits per heavy atom. The van der Waals surface area contributed by atoms with Gasteiger partial charge >= 0.3 is 18.5 Å². The first-order valence-corrected chi connectivity index (χ1v) is 11.1. The lowest BCUT2D eigenvalue weighted by molar-refractivity contribution is -0.365. The number of rotatable bonds is 6. The van der Waals surface area contributed by atoms with Crippen molar-refractivity contribution < 1.29 is 54.8 Å². The van der Waals surface area contributed by atoms with E-state index in [-0.39, 0.29) is 18.7 Å². The molecule has 1 unspecified atom stereocenters. The molecule has 0 radical (unpaired) electrons. The van der Waals surface area contributed by atoms with Gasteiger partial charge in [-0.15, -0.1) is 0 Å². The van der Waals surface area contributed by atoms with Crippen LogP contribution in [-0.2, 0) is 5.41 Å². The number of aliphatic hydroxyl groups is 2. The van der Waals surface area contributed by atoms with Crippen LogP contribution in [-0.4, -0.2) is 45.1 Å². The molecule has 0 heterocycles. The molecule has 1 atom stereocenters. The molecular weight excluding hydrogens is 531 g/mol. The Labute approximate surface area is 213 Å². The van der Waals surface area contributed by atoms with Gasteiger partial charge in [0.1, 0.15) is 5.75 Å². The number of phenols is 1. The summed E-state index contributed by atoms with van der Waals surface area (Å²) in [6, 6.07) is 8.21. The topological polar surface area (TPSA) is 60.7 Å². The predicted octanol–water partition coefficient (Wildman–Crippen LogP) is 7.28. The summed E-state index contributed by atoms with van der Waals surface area (Å²) in [5.41, 5.74) is -9.61. The summed E-state index contributed by atoms with van der Waals surface area (Å²) in [4.78, 5) is 0. The third-order valence-electron chi connectivity index (χ3n) is 6.60. The Kier molecular flexibility index (Phi) is 8.11. The molecule has 2 aromatic rings. The van der Waals surface area contributed by atoms with Crippen molar-refractivity contribution in [2.45, 2.75) is 76.2 Å². The monoisotopic (exact) mass is 558 g/mol. The molecule has 212 valence electrons. The van der Waals surface area contributed by atoms with Crippen LogP contribution in [0.25, 0.3) is 5.57 Å². The number of hydrogen-bond acceptors (Lipinski definition) is 3. The Morgan fingerprint density at radius 2 is 1.26 bits per heavy atom. The van der Waals surface area contributed by atoms with Crippen LogP contribution in [0.5, 0.6) is 5.75 Å². The maximum Gasteiger partial charge on any atom is 0.426 e. The molecule has 38 heavy (non-hydrogen) atoms. The highest BCUT2D eigenvalue weighted by Crippen LogP contribution is 2.49. The molecule has 0 aliphatic carbocycles. The van der Waals surface area contributed by atoms with E-state index in [2.05, 4.69) is 0 Å². The molecule has 0 aliphatic rings. The molecule has 0 saturated carbocycles. The summed E-state index contributed by atoms with van der Waals surface area (Å²) in [7, 11) is 0. The minimum atomic E-state index is -6.29. The molecule has 3 N–H and O–H groups in total. The summed E-state index contributed by atoms with van der Waals surface area (Å²) in [5.74, 6) is 0.0323. The molecule has 0 aromatic heterocycles. The fraction of sp³-hybridized carbons (Fsp3) is 0.462. The molecule has 0 aliphatic heterocycles. The molecule has 0 saturated heterocycles. The molecule has 0 bridgehead atoms. The predicted molar refractivity (Wildman–Crippen MR) is 122 cm³/mol. The average molecular weight is 558 g/mol. The normalized spacial score (nSPS) is 15.9. The van der Waals surface area contributed by atoms with Gasteiger partial charge in [0.15, 0.2) is 5.60 Å². The first-order chi connectivity index (χ1) is 16.8. The minimum absolute atomic E-state index is 0.0323. The summed E-state index contributed by atoms with van der Waals surface area (Å²) in [6.07, 6.45) is -20.5. The second-order valence-electron chi connectivity index (χ2n) is 10.0. The van der Waals surface area contributed by atoms with Crippen LogP contribution in [0.4, 0.5) is 39.5 Å². The van der Waals surface area contributed by atoms with E-state index in [9.17, 15) is 54.8 Å². The van der Waals surface area contributed by atoms with E-state index in [1.54, 1.807) is 32.9 Å². The van der Waals surface area contributed by atoms with Gasteiger partial charge < -0.3 is 15.3 Å². The highest BCUT2D eigenvalue weighted by atomic mass is 19.4. The molecule has 2 aromatic carbocycles. The smallest absolute Gasteiger partial charge is 0.426 e. The van der Waals surface area contributed by atoms with Crippen LogP contribution >= 0.6 is 0 Å². The number of phenolic OH excluding ortho intramolecular Hbond substituents is 1. The van der Waals surface area contributed by atoms with Gasteiger partial charge in [0.25, 0.3) is 5.60 Å². The van der Waals surface area contributed by atoms with Crippen molar-refractivity contribution in [1.82, 2.24) is 0 Å². The van der Waals surface area contributed by atoms with Crippen molar-refractivity contribution in [3.63, 3.8) is 0 Å². The van der Waals surface area contributed by atoms with Crippen LogP contribution in [0.2, 0.25) is 0 Å². The summed E-state index contributed by atoms with van der Waals surface area (Å²) >= 11 is 0. The SMILES string of the molecule is Cc1cc(C(C)(C)c2ccc(/C(=C/C(C)(O)C(F)(F)F)CC(O)(C(F)(F)F)C(F)(F)F)cc2C)ccc1O. The fourth-order valence-electron chi connectivity index (χ4n) is 4.06. The Balaban J connectivity index is 2.74. The number of hydrogen-bond donors (Lipinski definition) is 3. The first-order valence-electron chi connectivity index (χ1n) is 11.1. The van der Waals surface area contributed by atoms with Crippen LogP contribution in [0.15, 0.2) is 42.5 Å². The van der Waals surface area contributed by atoms with E-state index in [0.29, 0.717) is 22.3 Å². The second kappa shape index (κ2) is 9.78. The van der Waals surface area contributed by atoms with Gasteiger partial charge in [-0.2, -0.15) is 39.5 Å².